The van der Waals surface area contributed by atoms with Gasteiger partial charge in [0.25, 0.3) is 0 Å². The second-order valence-electron chi connectivity index (χ2n) is 11.2. The van der Waals surface area contributed by atoms with E-state index in [-0.39, 0.29) is 5.97 Å². The Balaban J connectivity index is 1.43. The molecule has 0 N–H and O–H groups in total. The molecule has 6 heteroatoms. The molecule has 5 nitrogen and oxygen atoms in total. The normalized spacial score (nSPS) is 16.0. The number of hydrogen-bond acceptors (Lipinski definition) is 5. The lowest BCUT2D eigenvalue weighted by Crippen LogP contribution is -2.34. The minimum absolute atomic E-state index is 0.362. The summed E-state index contributed by atoms with van der Waals surface area (Å²) in [5.74, 6) is 0.772. The Labute approximate surface area is 263 Å². The maximum Gasteiger partial charge on any atom is 0.340 e. The molecule has 1 atom stereocenters. The standard InChI is InChI=1S/C38H33ClN2O3/c1-3-40(4-2)28-19-20-32-35(23-28)43-36-33(38(32)31-18-12-11-17-30(31)37(42)44-38)21-29(22-34(36)39)41(24-26-13-7-5-8-14-26)25-27-15-9-6-10-16-27/h5-23H,3-4,24-25H2,1-2H3. The highest BCUT2D eigenvalue weighted by molar-refractivity contribution is 6.32. The molecule has 1 unspecified atom stereocenters. The van der Waals surface area contributed by atoms with Crippen molar-refractivity contribution in [3.63, 3.8) is 0 Å². The van der Waals surface area contributed by atoms with Crippen molar-refractivity contribution >= 4 is 28.9 Å². The molecule has 220 valence electrons. The van der Waals surface area contributed by atoms with Gasteiger partial charge in [-0.3, -0.25) is 0 Å². The van der Waals surface area contributed by atoms with E-state index in [4.69, 9.17) is 21.1 Å². The zero-order chi connectivity index (χ0) is 30.3. The van der Waals surface area contributed by atoms with Gasteiger partial charge in [-0.25, -0.2) is 4.79 Å². The molecule has 0 saturated heterocycles. The van der Waals surface area contributed by atoms with Crippen LogP contribution in [0.25, 0.3) is 0 Å². The van der Waals surface area contributed by atoms with Crippen LogP contribution in [0.1, 0.15) is 52.0 Å². The Bertz CT molecular complexity index is 1800. The van der Waals surface area contributed by atoms with Gasteiger partial charge in [0, 0.05) is 54.7 Å². The molecule has 7 rings (SSSR count). The van der Waals surface area contributed by atoms with Gasteiger partial charge in [-0.1, -0.05) is 90.5 Å². The Kier molecular flexibility index (Phi) is 7.27. The van der Waals surface area contributed by atoms with Crippen molar-refractivity contribution in [2.45, 2.75) is 32.5 Å². The summed E-state index contributed by atoms with van der Waals surface area (Å²) in [7, 11) is 0. The average Bonchev–Trinajstić information content (AvgIpc) is 3.35. The van der Waals surface area contributed by atoms with Crippen LogP contribution in [0.15, 0.2) is 115 Å². The molecule has 5 aromatic rings. The molecule has 1 spiro atoms. The van der Waals surface area contributed by atoms with Crippen LogP contribution < -0.4 is 14.5 Å². The fourth-order valence-corrected chi connectivity index (χ4v) is 6.77. The number of hydrogen-bond donors (Lipinski definition) is 0. The molecule has 0 saturated carbocycles. The Morgan fingerprint density at radius 1 is 0.659 bits per heavy atom. The topological polar surface area (TPSA) is 42.0 Å². The minimum atomic E-state index is -1.21. The van der Waals surface area contributed by atoms with E-state index in [1.807, 2.05) is 54.6 Å². The van der Waals surface area contributed by atoms with Crippen LogP contribution in [0.3, 0.4) is 0 Å². The number of esters is 1. The van der Waals surface area contributed by atoms with E-state index in [0.717, 1.165) is 35.6 Å². The monoisotopic (exact) mass is 600 g/mol. The van der Waals surface area contributed by atoms with Crippen molar-refractivity contribution in [3.05, 3.63) is 154 Å². The van der Waals surface area contributed by atoms with Crippen LogP contribution in [0, 0.1) is 0 Å². The number of fused-ring (bicyclic) bond motifs is 6. The highest BCUT2D eigenvalue weighted by Gasteiger charge is 2.54. The summed E-state index contributed by atoms with van der Waals surface area (Å²) in [5, 5.41) is 0.460. The fourth-order valence-electron chi connectivity index (χ4n) is 6.52. The summed E-state index contributed by atoms with van der Waals surface area (Å²) in [6.07, 6.45) is 0. The number of carbonyl (C=O) groups is 1. The summed E-state index contributed by atoms with van der Waals surface area (Å²) < 4.78 is 13.1. The van der Waals surface area contributed by atoms with Crippen LogP contribution in [-0.2, 0) is 23.4 Å². The van der Waals surface area contributed by atoms with E-state index >= 15 is 0 Å². The fraction of sp³-hybridized carbons (Fsp3) is 0.184. The average molecular weight is 601 g/mol. The lowest BCUT2D eigenvalue weighted by Gasteiger charge is -2.38. The largest absolute Gasteiger partial charge is 0.455 e. The van der Waals surface area contributed by atoms with E-state index in [2.05, 4.69) is 84.3 Å². The number of carbonyl (C=O) groups excluding carboxylic acids is 1. The third kappa shape index (κ3) is 4.68. The van der Waals surface area contributed by atoms with Crippen LogP contribution in [-0.4, -0.2) is 19.1 Å². The SMILES string of the molecule is CCN(CC)c1ccc2c(c1)Oc1c(Cl)cc(N(Cc3ccccc3)Cc3ccccc3)cc1C21OC(=O)c2ccccc21. The zero-order valence-corrected chi connectivity index (χ0v) is 25.6. The highest BCUT2D eigenvalue weighted by atomic mass is 35.5. The van der Waals surface area contributed by atoms with Gasteiger partial charge in [0.2, 0.25) is 0 Å². The summed E-state index contributed by atoms with van der Waals surface area (Å²) in [6.45, 7) is 7.31. The van der Waals surface area contributed by atoms with Gasteiger partial charge in [0.05, 0.1) is 16.1 Å². The third-order valence-electron chi connectivity index (χ3n) is 8.66. The number of anilines is 2. The van der Waals surface area contributed by atoms with Gasteiger partial charge >= 0.3 is 5.97 Å². The van der Waals surface area contributed by atoms with Crippen LogP contribution in [0.2, 0.25) is 5.02 Å². The van der Waals surface area contributed by atoms with Crippen molar-refractivity contribution in [3.8, 4) is 11.5 Å². The quantitative estimate of drug-likeness (QED) is 0.166. The van der Waals surface area contributed by atoms with Crippen molar-refractivity contribution in [1.82, 2.24) is 0 Å². The third-order valence-corrected chi connectivity index (χ3v) is 8.94. The van der Waals surface area contributed by atoms with Gasteiger partial charge in [0.15, 0.2) is 11.4 Å². The van der Waals surface area contributed by atoms with Crippen molar-refractivity contribution in [2.24, 2.45) is 0 Å². The number of ether oxygens (including phenoxy) is 2. The second kappa shape index (κ2) is 11.4. The van der Waals surface area contributed by atoms with Crippen molar-refractivity contribution < 1.29 is 14.3 Å². The number of halogens is 1. The first-order chi connectivity index (χ1) is 21.5. The van der Waals surface area contributed by atoms with Gasteiger partial charge in [0.1, 0.15) is 5.75 Å². The van der Waals surface area contributed by atoms with Crippen LogP contribution in [0.4, 0.5) is 11.4 Å². The van der Waals surface area contributed by atoms with Crippen LogP contribution >= 0.6 is 11.6 Å². The predicted molar refractivity (Wildman–Crippen MR) is 176 cm³/mol. The molecule has 2 aliphatic rings. The summed E-state index contributed by atoms with van der Waals surface area (Å²) >= 11 is 7.14. The van der Waals surface area contributed by atoms with E-state index in [9.17, 15) is 4.79 Å². The molecule has 0 fully saturated rings. The molecule has 0 bridgehead atoms. The van der Waals surface area contributed by atoms with E-state index in [0.29, 0.717) is 40.7 Å². The highest BCUT2D eigenvalue weighted by Crippen LogP contribution is 2.58. The summed E-state index contributed by atoms with van der Waals surface area (Å²) in [5.41, 5.74) is 5.93. The Morgan fingerprint density at radius 2 is 1.30 bits per heavy atom. The second-order valence-corrected chi connectivity index (χ2v) is 11.6. The first-order valence-corrected chi connectivity index (χ1v) is 15.5. The summed E-state index contributed by atoms with van der Waals surface area (Å²) in [6, 6.07) is 38.6. The van der Waals surface area contributed by atoms with Crippen molar-refractivity contribution in [2.75, 3.05) is 22.9 Å². The minimum Gasteiger partial charge on any atom is -0.455 e. The molecule has 0 radical (unpaired) electrons. The Morgan fingerprint density at radius 3 is 1.95 bits per heavy atom. The van der Waals surface area contributed by atoms with Crippen LogP contribution in [0.5, 0.6) is 11.5 Å². The molecule has 2 aliphatic heterocycles. The van der Waals surface area contributed by atoms with Crippen molar-refractivity contribution in [1.29, 1.82) is 0 Å². The maximum atomic E-state index is 13.5. The van der Waals surface area contributed by atoms with E-state index in [1.54, 1.807) is 0 Å². The molecule has 0 aliphatic carbocycles. The number of benzene rings is 5. The summed E-state index contributed by atoms with van der Waals surface area (Å²) in [4.78, 5) is 18.1. The molecular weight excluding hydrogens is 568 g/mol. The lowest BCUT2D eigenvalue weighted by atomic mass is 9.77. The first-order valence-electron chi connectivity index (χ1n) is 15.1. The lowest BCUT2D eigenvalue weighted by molar-refractivity contribution is 0.0224. The number of rotatable bonds is 8. The van der Waals surface area contributed by atoms with Gasteiger partial charge < -0.3 is 19.3 Å². The maximum absolute atomic E-state index is 13.5. The smallest absolute Gasteiger partial charge is 0.340 e. The first kappa shape index (κ1) is 28.1. The van der Waals surface area contributed by atoms with E-state index in [1.165, 1.54) is 11.1 Å². The Hall–Kier alpha value is -4.74. The van der Waals surface area contributed by atoms with Gasteiger partial charge in [-0.2, -0.15) is 0 Å². The number of nitrogens with zero attached hydrogens (tertiary/aromatic N) is 2. The molecule has 0 aromatic heterocycles. The molecule has 0 amide bonds. The van der Waals surface area contributed by atoms with E-state index < -0.39 is 5.60 Å². The predicted octanol–water partition coefficient (Wildman–Crippen LogP) is 8.96. The van der Waals surface area contributed by atoms with Gasteiger partial charge in [-0.15, -0.1) is 0 Å². The molecule has 44 heavy (non-hydrogen) atoms. The zero-order valence-electron chi connectivity index (χ0n) is 24.8. The molecular formula is C38H33ClN2O3. The molecule has 5 aromatic carbocycles. The van der Waals surface area contributed by atoms with Gasteiger partial charge in [-0.05, 0) is 55.3 Å². The molecule has 2 heterocycles.